The van der Waals surface area contributed by atoms with E-state index in [1.165, 1.54) is 0 Å². The van der Waals surface area contributed by atoms with E-state index in [-0.39, 0.29) is 5.91 Å². The van der Waals surface area contributed by atoms with Gasteiger partial charge in [-0.1, -0.05) is 11.6 Å². The third kappa shape index (κ3) is 2.16. The van der Waals surface area contributed by atoms with Crippen LogP contribution < -0.4 is 10.2 Å². The Hall–Kier alpha value is -1.30. The van der Waals surface area contributed by atoms with Crippen LogP contribution in [0.3, 0.4) is 0 Å². The molecule has 2 aliphatic heterocycles. The lowest BCUT2D eigenvalue weighted by Crippen LogP contribution is -2.50. The van der Waals surface area contributed by atoms with Crippen molar-refractivity contribution in [1.82, 2.24) is 4.90 Å². The fourth-order valence-corrected chi connectivity index (χ4v) is 3.25. The number of amides is 1. The maximum Gasteiger partial charge on any atom is 0.257 e. The molecule has 1 saturated heterocycles. The summed E-state index contributed by atoms with van der Waals surface area (Å²) >= 11 is 6.35. The molecule has 0 radical (unpaired) electrons. The summed E-state index contributed by atoms with van der Waals surface area (Å²) in [6.45, 7) is 5.01. The quantitative estimate of drug-likeness (QED) is 0.824. The number of rotatable bonds is 1. The van der Waals surface area contributed by atoms with Gasteiger partial charge in [0, 0.05) is 36.9 Å². The first-order chi connectivity index (χ1) is 9.47. The molecule has 2 atom stereocenters. The van der Waals surface area contributed by atoms with Crippen molar-refractivity contribution in [2.45, 2.75) is 19.1 Å². The zero-order valence-corrected chi connectivity index (χ0v) is 12.3. The Morgan fingerprint density at radius 2 is 2.15 bits per heavy atom. The standard InChI is InChI=1S/C14H18ClN3O2/c1-8-7-17(2)3-4-18(8)12-6-11-9(5-10(12)15)13(19)14(20)16-11/h5-6,8,13,19H,3-4,7H2,1-2H3,(H,16,20). The Kier molecular flexibility index (Phi) is 3.36. The SMILES string of the molecule is CC1CN(C)CCN1c1cc2c(cc1Cl)C(O)C(=O)N2. The predicted molar refractivity (Wildman–Crippen MR) is 79.3 cm³/mol. The zero-order valence-electron chi connectivity index (χ0n) is 11.6. The van der Waals surface area contributed by atoms with Gasteiger partial charge in [0.15, 0.2) is 6.10 Å². The summed E-state index contributed by atoms with van der Waals surface area (Å²) in [5, 5.41) is 13.0. The molecule has 1 fully saturated rings. The molecular weight excluding hydrogens is 278 g/mol. The smallest absolute Gasteiger partial charge is 0.257 e. The molecule has 5 nitrogen and oxygen atoms in total. The summed E-state index contributed by atoms with van der Waals surface area (Å²) in [7, 11) is 2.11. The highest BCUT2D eigenvalue weighted by atomic mass is 35.5. The molecule has 2 aliphatic rings. The van der Waals surface area contributed by atoms with E-state index < -0.39 is 6.10 Å². The van der Waals surface area contributed by atoms with Crippen molar-refractivity contribution in [1.29, 1.82) is 0 Å². The summed E-state index contributed by atoms with van der Waals surface area (Å²) < 4.78 is 0. The van der Waals surface area contributed by atoms with Crippen molar-refractivity contribution >= 4 is 28.9 Å². The lowest BCUT2D eigenvalue weighted by atomic mass is 10.1. The Balaban J connectivity index is 1.96. The highest BCUT2D eigenvalue weighted by molar-refractivity contribution is 6.33. The van der Waals surface area contributed by atoms with Crippen LogP contribution in [0.4, 0.5) is 11.4 Å². The number of carbonyl (C=O) groups is 1. The minimum absolute atomic E-state index is 0.353. The number of fused-ring (bicyclic) bond motifs is 1. The van der Waals surface area contributed by atoms with Gasteiger partial charge in [0.25, 0.3) is 5.91 Å². The van der Waals surface area contributed by atoms with Gasteiger partial charge in [-0.15, -0.1) is 0 Å². The maximum absolute atomic E-state index is 11.5. The normalized spacial score (nSPS) is 26.6. The molecular formula is C14H18ClN3O2. The number of hydrogen-bond donors (Lipinski definition) is 2. The molecule has 108 valence electrons. The van der Waals surface area contributed by atoms with Crippen LogP contribution in [0.1, 0.15) is 18.6 Å². The second kappa shape index (κ2) is 4.91. The van der Waals surface area contributed by atoms with E-state index in [1.807, 2.05) is 6.07 Å². The molecule has 0 aliphatic carbocycles. The number of anilines is 2. The van der Waals surface area contributed by atoms with Crippen LogP contribution in [0.15, 0.2) is 12.1 Å². The van der Waals surface area contributed by atoms with Crippen molar-refractivity contribution < 1.29 is 9.90 Å². The number of piperazine rings is 1. The third-order valence-electron chi connectivity index (χ3n) is 4.06. The van der Waals surface area contributed by atoms with Gasteiger partial charge in [0.1, 0.15) is 0 Å². The van der Waals surface area contributed by atoms with Crippen LogP contribution in [0.2, 0.25) is 5.02 Å². The highest BCUT2D eigenvalue weighted by Crippen LogP contribution is 2.39. The first-order valence-corrected chi connectivity index (χ1v) is 7.12. The molecule has 1 aromatic rings. The number of aliphatic hydroxyl groups excluding tert-OH is 1. The second-order valence-electron chi connectivity index (χ2n) is 5.59. The molecule has 3 rings (SSSR count). The number of likely N-dealkylation sites (N-methyl/N-ethyl adjacent to an activating group) is 1. The van der Waals surface area contributed by atoms with Gasteiger partial charge in [-0.2, -0.15) is 0 Å². The topological polar surface area (TPSA) is 55.8 Å². The van der Waals surface area contributed by atoms with Gasteiger partial charge >= 0.3 is 0 Å². The van der Waals surface area contributed by atoms with Gasteiger partial charge < -0.3 is 20.2 Å². The minimum atomic E-state index is -1.11. The van der Waals surface area contributed by atoms with Gasteiger partial charge in [0.2, 0.25) is 0 Å². The van der Waals surface area contributed by atoms with Crippen LogP contribution in [0.5, 0.6) is 0 Å². The van der Waals surface area contributed by atoms with Crippen LogP contribution in [0.25, 0.3) is 0 Å². The molecule has 0 spiro atoms. The Morgan fingerprint density at radius 1 is 1.40 bits per heavy atom. The highest BCUT2D eigenvalue weighted by Gasteiger charge is 2.31. The number of nitrogens with zero attached hydrogens (tertiary/aromatic N) is 2. The van der Waals surface area contributed by atoms with E-state index in [2.05, 4.69) is 29.1 Å². The van der Waals surface area contributed by atoms with E-state index in [1.54, 1.807) is 6.07 Å². The van der Waals surface area contributed by atoms with E-state index in [9.17, 15) is 9.90 Å². The van der Waals surface area contributed by atoms with Crippen molar-refractivity contribution in [3.05, 3.63) is 22.7 Å². The van der Waals surface area contributed by atoms with Crippen molar-refractivity contribution in [2.75, 3.05) is 36.9 Å². The predicted octanol–water partition coefficient (Wildman–Crippen LogP) is 1.47. The fourth-order valence-electron chi connectivity index (χ4n) is 2.97. The van der Waals surface area contributed by atoms with Crippen LogP contribution >= 0.6 is 11.6 Å². The van der Waals surface area contributed by atoms with Crippen molar-refractivity contribution in [3.8, 4) is 0 Å². The lowest BCUT2D eigenvalue weighted by Gasteiger charge is -2.40. The molecule has 2 unspecified atom stereocenters. The lowest BCUT2D eigenvalue weighted by molar-refractivity contribution is -0.123. The largest absolute Gasteiger partial charge is 0.378 e. The third-order valence-corrected chi connectivity index (χ3v) is 4.36. The van der Waals surface area contributed by atoms with Crippen molar-refractivity contribution in [2.24, 2.45) is 0 Å². The van der Waals surface area contributed by atoms with Gasteiger partial charge in [0.05, 0.1) is 10.7 Å². The van der Waals surface area contributed by atoms with E-state index in [0.717, 1.165) is 25.3 Å². The maximum atomic E-state index is 11.5. The fraction of sp³-hybridized carbons (Fsp3) is 0.500. The number of benzene rings is 1. The minimum Gasteiger partial charge on any atom is -0.378 e. The molecule has 1 aromatic carbocycles. The number of halogens is 1. The first kappa shape index (κ1) is 13.7. The van der Waals surface area contributed by atoms with Crippen LogP contribution in [0, 0.1) is 0 Å². The summed E-state index contributed by atoms with van der Waals surface area (Å²) in [5.74, 6) is -0.389. The van der Waals surface area contributed by atoms with Crippen molar-refractivity contribution in [3.63, 3.8) is 0 Å². The summed E-state index contributed by atoms with van der Waals surface area (Å²) in [6, 6.07) is 3.92. The molecule has 0 saturated carbocycles. The zero-order chi connectivity index (χ0) is 14.4. The summed E-state index contributed by atoms with van der Waals surface area (Å²) in [4.78, 5) is 16.0. The van der Waals surface area contributed by atoms with Crippen LogP contribution in [-0.4, -0.2) is 48.6 Å². The van der Waals surface area contributed by atoms with E-state index >= 15 is 0 Å². The average molecular weight is 296 g/mol. The van der Waals surface area contributed by atoms with Gasteiger partial charge in [-0.05, 0) is 26.1 Å². The van der Waals surface area contributed by atoms with E-state index in [0.29, 0.717) is 22.3 Å². The van der Waals surface area contributed by atoms with Gasteiger partial charge in [-0.25, -0.2) is 0 Å². The Morgan fingerprint density at radius 3 is 2.85 bits per heavy atom. The molecule has 20 heavy (non-hydrogen) atoms. The summed E-state index contributed by atoms with van der Waals surface area (Å²) in [5.41, 5.74) is 2.14. The van der Waals surface area contributed by atoms with Crippen LogP contribution in [-0.2, 0) is 4.79 Å². The second-order valence-corrected chi connectivity index (χ2v) is 5.99. The van der Waals surface area contributed by atoms with Gasteiger partial charge in [-0.3, -0.25) is 4.79 Å². The monoisotopic (exact) mass is 295 g/mol. The Labute approximate surface area is 123 Å². The molecule has 6 heteroatoms. The molecule has 2 heterocycles. The number of nitrogens with one attached hydrogen (secondary N) is 1. The number of carbonyl (C=O) groups excluding carboxylic acids is 1. The average Bonchev–Trinajstić information content (AvgIpc) is 2.65. The number of aliphatic hydroxyl groups is 1. The van der Waals surface area contributed by atoms with E-state index in [4.69, 9.17) is 11.6 Å². The molecule has 0 bridgehead atoms. The first-order valence-electron chi connectivity index (χ1n) is 6.75. The molecule has 1 amide bonds. The molecule has 0 aromatic heterocycles. The number of hydrogen-bond acceptors (Lipinski definition) is 4. The summed E-state index contributed by atoms with van der Waals surface area (Å²) in [6.07, 6.45) is -1.11. The molecule has 2 N–H and O–H groups in total. The Bertz CT molecular complexity index is 564.